The molecule has 1 heterocycles. The standard InChI is InChI=1S/C14H16BrN3O2/c1-9(2)14(19)18(3)8-12-16-13(17-20-12)10-5-4-6-11(15)7-10/h4-7,9H,8H2,1-3H3. The predicted molar refractivity (Wildman–Crippen MR) is 78.7 cm³/mol. The van der Waals surface area contributed by atoms with Gasteiger partial charge in [-0.1, -0.05) is 47.1 Å². The molecule has 1 amide bonds. The molecule has 0 aliphatic rings. The highest BCUT2D eigenvalue weighted by molar-refractivity contribution is 9.10. The maximum Gasteiger partial charge on any atom is 0.246 e. The lowest BCUT2D eigenvalue weighted by Gasteiger charge is -2.16. The third kappa shape index (κ3) is 3.45. The Morgan fingerprint density at radius 2 is 2.20 bits per heavy atom. The smallest absolute Gasteiger partial charge is 0.246 e. The fourth-order valence-corrected chi connectivity index (χ4v) is 2.18. The monoisotopic (exact) mass is 337 g/mol. The van der Waals surface area contributed by atoms with Gasteiger partial charge in [0, 0.05) is 23.0 Å². The number of aromatic nitrogens is 2. The van der Waals surface area contributed by atoms with E-state index >= 15 is 0 Å². The molecule has 2 aromatic rings. The minimum absolute atomic E-state index is 0.0483. The lowest BCUT2D eigenvalue weighted by atomic mass is 10.2. The third-order valence-corrected chi connectivity index (χ3v) is 3.29. The quantitative estimate of drug-likeness (QED) is 0.859. The lowest BCUT2D eigenvalue weighted by molar-refractivity contribution is -0.133. The largest absolute Gasteiger partial charge is 0.337 e. The molecule has 0 aliphatic carbocycles. The van der Waals surface area contributed by atoms with E-state index in [1.165, 1.54) is 0 Å². The SMILES string of the molecule is CC(C)C(=O)N(C)Cc1nc(-c2cccc(Br)c2)no1. The lowest BCUT2D eigenvalue weighted by Crippen LogP contribution is -2.30. The molecule has 0 spiro atoms. The molecule has 5 nitrogen and oxygen atoms in total. The minimum Gasteiger partial charge on any atom is -0.337 e. The Hall–Kier alpha value is -1.69. The maximum absolute atomic E-state index is 11.8. The van der Waals surface area contributed by atoms with Crippen molar-refractivity contribution in [2.45, 2.75) is 20.4 Å². The molecule has 1 aromatic carbocycles. The minimum atomic E-state index is -0.0486. The summed E-state index contributed by atoms with van der Waals surface area (Å²) in [6.45, 7) is 4.04. The van der Waals surface area contributed by atoms with Crippen LogP contribution in [0.15, 0.2) is 33.3 Å². The van der Waals surface area contributed by atoms with Gasteiger partial charge >= 0.3 is 0 Å². The first-order valence-electron chi connectivity index (χ1n) is 6.31. The van der Waals surface area contributed by atoms with Gasteiger partial charge in [0.05, 0.1) is 6.54 Å². The van der Waals surface area contributed by atoms with Gasteiger partial charge in [-0.25, -0.2) is 0 Å². The molecule has 0 aliphatic heterocycles. The van der Waals surface area contributed by atoms with Gasteiger partial charge in [-0.3, -0.25) is 4.79 Å². The second-order valence-corrected chi connectivity index (χ2v) is 5.79. The highest BCUT2D eigenvalue weighted by atomic mass is 79.9. The molecule has 1 aromatic heterocycles. The van der Waals surface area contributed by atoms with Crippen LogP contribution in [-0.2, 0) is 11.3 Å². The summed E-state index contributed by atoms with van der Waals surface area (Å²) >= 11 is 3.40. The van der Waals surface area contributed by atoms with Crippen molar-refractivity contribution in [3.63, 3.8) is 0 Å². The fourth-order valence-electron chi connectivity index (χ4n) is 1.79. The van der Waals surface area contributed by atoms with Crippen molar-refractivity contribution in [3.05, 3.63) is 34.6 Å². The first-order chi connectivity index (χ1) is 9.47. The number of carbonyl (C=O) groups excluding carboxylic acids is 1. The van der Waals surface area contributed by atoms with E-state index in [9.17, 15) is 4.79 Å². The van der Waals surface area contributed by atoms with Crippen molar-refractivity contribution in [2.24, 2.45) is 5.92 Å². The van der Waals surface area contributed by atoms with Gasteiger partial charge < -0.3 is 9.42 Å². The molecular formula is C14H16BrN3O2. The van der Waals surface area contributed by atoms with E-state index in [-0.39, 0.29) is 11.8 Å². The number of nitrogens with zero attached hydrogens (tertiary/aromatic N) is 3. The predicted octanol–water partition coefficient (Wildman–Crippen LogP) is 3.11. The van der Waals surface area contributed by atoms with Crippen molar-refractivity contribution in [3.8, 4) is 11.4 Å². The van der Waals surface area contributed by atoms with Crippen molar-refractivity contribution in [1.82, 2.24) is 15.0 Å². The molecule has 106 valence electrons. The van der Waals surface area contributed by atoms with Gasteiger partial charge in [-0.15, -0.1) is 0 Å². The van der Waals surface area contributed by atoms with E-state index in [1.807, 2.05) is 38.1 Å². The Balaban J connectivity index is 2.12. The maximum atomic E-state index is 11.8. The molecule has 6 heteroatoms. The average Bonchev–Trinajstić information content (AvgIpc) is 2.86. The van der Waals surface area contributed by atoms with Gasteiger partial charge in [-0.05, 0) is 12.1 Å². The molecule has 0 bridgehead atoms. The second-order valence-electron chi connectivity index (χ2n) is 4.87. The van der Waals surface area contributed by atoms with Crippen LogP contribution in [0.25, 0.3) is 11.4 Å². The summed E-state index contributed by atoms with van der Waals surface area (Å²) < 4.78 is 6.14. The summed E-state index contributed by atoms with van der Waals surface area (Å²) in [5, 5.41) is 3.94. The fraction of sp³-hybridized carbons (Fsp3) is 0.357. The highest BCUT2D eigenvalue weighted by Gasteiger charge is 2.16. The molecule has 0 saturated heterocycles. The van der Waals surface area contributed by atoms with Crippen molar-refractivity contribution < 1.29 is 9.32 Å². The average molecular weight is 338 g/mol. The van der Waals surface area contributed by atoms with Gasteiger partial charge in [0.2, 0.25) is 17.6 Å². The van der Waals surface area contributed by atoms with Crippen LogP contribution in [0.3, 0.4) is 0 Å². The molecule has 0 atom stereocenters. The zero-order chi connectivity index (χ0) is 14.7. The number of amides is 1. The van der Waals surface area contributed by atoms with Crippen molar-refractivity contribution in [2.75, 3.05) is 7.05 Å². The number of carbonyl (C=O) groups is 1. The summed E-state index contributed by atoms with van der Waals surface area (Å²) in [4.78, 5) is 17.7. The van der Waals surface area contributed by atoms with Crippen molar-refractivity contribution >= 4 is 21.8 Å². The van der Waals surface area contributed by atoms with Crippen LogP contribution in [0.2, 0.25) is 0 Å². The summed E-state index contributed by atoms with van der Waals surface area (Å²) in [6, 6.07) is 7.66. The van der Waals surface area contributed by atoms with E-state index in [4.69, 9.17) is 4.52 Å². The number of rotatable bonds is 4. The topological polar surface area (TPSA) is 59.2 Å². The first-order valence-corrected chi connectivity index (χ1v) is 7.10. The molecule has 0 saturated carbocycles. The highest BCUT2D eigenvalue weighted by Crippen LogP contribution is 2.20. The van der Waals surface area contributed by atoms with E-state index < -0.39 is 0 Å². The Bertz CT molecular complexity index is 610. The number of halogens is 1. The molecular weight excluding hydrogens is 322 g/mol. The summed E-state index contributed by atoms with van der Waals surface area (Å²) in [6.07, 6.45) is 0. The molecule has 0 fully saturated rings. The van der Waals surface area contributed by atoms with Crippen LogP contribution in [0.4, 0.5) is 0 Å². The second kappa shape index (κ2) is 6.17. The Morgan fingerprint density at radius 3 is 2.85 bits per heavy atom. The molecule has 2 rings (SSSR count). The summed E-state index contributed by atoms with van der Waals surface area (Å²) in [5.41, 5.74) is 0.868. The van der Waals surface area contributed by atoms with Crippen LogP contribution in [-0.4, -0.2) is 28.0 Å². The first kappa shape index (κ1) is 14.7. The van der Waals surface area contributed by atoms with E-state index in [0.29, 0.717) is 18.3 Å². The van der Waals surface area contributed by atoms with Gasteiger partial charge in [-0.2, -0.15) is 4.98 Å². The molecule has 20 heavy (non-hydrogen) atoms. The van der Waals surface area contributed by atoms with Crippen LogP contribution < -0.4 is 0 Å². The number of hydrogen-bond acceptors (Lipinski definition) is 4. The molecule has 0 unspecified atom stereocenters. The van der Waals surface area contributed by atoms with Crippen molar-refractivity contribution in [1.29, 1.82) is 0 Å². The van der Waals surface area contributed by atoms with Crippen LogP contribution in [0.1, 0.15) is 19.7 Å². The van der Waals surface area contributed by atoms with Gasteiger partial charge in [0.15, 0.2) is 0 Å². The van der Waals surface area contributed by atoms with Crippen LogP contribution >= 0.6 is 15.9 Å². The van der Waals surface area contributed by atoms with E-state index in [2.05, 4.69) is 26.1 Å². The molecule has 0 N–H and O–H groups in total. The van der Waals surface area contributed by atoms with E-state index in [0.717, 1.165) is 10.0 Å². The van der Waals surface area contributed by atoms with Gasteiger partial charge in [0.1, 0.15) is 0 Å². The molecule has 0 radical (unpaired) electrons. The zero-order valence-electron chi connectivity index (χ0n) is 11.6. The summed E-state index contributed by atoms with van der Waals surface area (Å²) in [7, 11) is 1.73. The van der Waals surface area contributed by atoms with E-state index in [1.54, 1.807) is 11.9 Å². The summed E-state index contributed by atoms with van der Waals surface area (Å²) in [5.74, 6) is 0.947. The van der Waals surface area contributed by atoms with Crippen LogP contribution in [0.5, 0.6) is 0 Å². The normalized spacial score (nSPS) is 10.8. The van der Waals surface area contributed by atoms with Gasteiger partial charge in [0.25, 0.3) is 0 Å². The third-order valence-electron chi connectivity index (χ3n) is 2.79. The number of hydrogen-bond donors (Lipinski definition) is 0. The number of benzene rings is 1. The Labute approximate surface area is 126 Å². The van der Waals surface area contributed by atoms with Crippen LogP contribution in [0, 0.1) is 5.92 Å². The Morgan fingerprint density at radius 1 is 1.45 bits per heavy atom. The Kier molecular flexibility index (Phi) is 4.54. The zero-order valence-corrected chi connectivity index (χ0v) is 13.2.